The molecule has 3 heterocycles. The highest BCUT2D eigenvalue weighted by Gasteiger charge is 2.32. The van der Waals surface area contributed by atoms with Crippen LogP contribution in [-0.2, 0) is 13.0 Å². The summed E-state index contributed by atoms with van der Waals surface area (Å²) in [6.07, 6.45) is 3.51. The van der Waals surface area contributed by atoms with E-state index in [4.69, 9.17) is 11.6 Å². The van der Waals surface area contributed by atoms with Crippen molar-refractivity contribution in [3.63, 3.8) is 0 Å². The molecule has 7 nitrogen and oxygen atoms in total. The molecule has 2 amide bonds. The Kier molecular flexibility index (Phi) is 6.16. The van der Waals surface area contributed by atoms with Crippen LogP contribution >= 0.6 is 22.9 Å². The third kappa shape index (κ3) is 4.65. The van der Waals surface area contributed by atoms with E-state index in [9.17, 15) is 9.59 Å². The summed E-state index contributed by atoms with van der Waals surface area (Å²) in [6.45, 7) is 6.22. The van der Waals surface area contributed by atoms with Crippen LogP contribution in [-0.4, -0.2) is 51.4 Å². The fourth-order valence-corrected chi connectivity index (χ4v) is 5.98. The summed E-state index contributed by atoms with van der Waals surface area (Å²) in [5, 5.41) is 8.29. The number of aromatic amines is 1. The minimum absolute atomic E-state index is 0.103. The van der Waals surface area contributed by atoms with Crippen molar-refractivity contribution in [2.75, 3.05) is 6.54 Å². The second kappa shape index (κ2) is 9.08. The first-order valence-electron chi connectivity index (χ1n) is 11.5. The summed E-state index contributed by atoms with van der Waals surface area (Å²) >= 11 is 7.55. The zero-order chi connectivity index (χ0) is 23.1. The number of rotatable bonds is 5. The molecule has 1 saturated carbocycles. The smallest absolute Gasteiger partial charge is 0.280 e. The van der Waals surface area contributed by atoms with Gasteiger partial charge in [0.15, 0.2) is 5.01 Å². The van der Waals surface area contributed by atoms with Crippen molar-refractivity contribution in [2.45, 2.75) is 64.2 Å². The van der Waals surface area contributed by atoms with E-state index in [0.717, 1.165) is 55.4 Å². The number of thiazole rings is 1. The lowest BCUT2D eigenvalue weighted by Gasteiger charge is -2.29. The number of hydrogen-bond acceptors (Lipinski definition) is 5. The van der Waals surface area contributed by atoms with Crippen molar-refractivity contribution in [1.29, 1.82) is 0 Å². The molecular formula is C24H28ClN5O2S. The Bertz CT molecular complexity index is 1200. The second-order valence-electron chi connectivity index (χ2n) is 9.21. The molecule has 0 spiro atoms. The Morgan fingerprint density at radius 3 is 2.70 bits per heavy atom. The van der Waals surface area contributed by atoms with E-state index in [1.54, 1.807) is 12.1 Å². The van der Waals surface area contributed by atoms with E-state index in [1.807, 2.05) is 12.1 Å². The Balaban J connectivity index is 1.23. The van der Waals surface area contributed by atoms with Crippen molar-refractivity contribution in [3.05, 3.63) is 50.6 Å². The monoisotopic (exact) mass is 485 g/mol. The van der Waals surface area contributed by atoms with Crippen molar-refractivity contribution >= 4 is 45.7 Å². The van der Waals surface area contributed by atoms with Gasteiger partial charge in [-0.05, 0) is 57.4 Å². The third-order valence-electron chi connectivity index (χ3n) is 6.66. The third-order valence-corrected chi connectivity index (χ3v) is 7.98. The SMILES string of the molecule is CC(C)N1CCc2nc(C(=O)N[C@@H]3CCC[C@H]3NC(=O)c3cc4cc(Cl)ccc4[nH]3)sc2C1. The predicted molar refractivity (Wildman–Crippen MR) is 131 cm³/mol. The molecule has 33 heavy (non-hydrogen) atoms. The maximum absolute atomic E-state index is 13.0. The van der Waals surface area contributed by atoms with Crippen LogP contribution in [0.2, 0.25) is 5.02 Å². The van der Waals surface area contributed by atoms with Gasteiger partial charge in [0.05, 0.1) is 5.69 Å². The van der Waals surface area contributed by atoms with Gasteiger partial charge in [0.1, 0.15) is 5.69 Å². The molecule has 9 heteroatoms. The van der Waals surface area contributed by atoms with Crippen molar-refractivity contribution in [2.24, 2.45) is 0 Å². The molecule has 1 aliphatic heterocycles. The largest absolute Gasteiger partial charge is 0.351 e. The number of aromatic nitrogens is 2. The van der Waals surface area contributed by atoms with Gasteiger partial charge in [-0.15, -0.1) is 11.3 Å². The Morgan fingerprint density at radius 2 is 1.94 bits per heavy atom. The average Bonchev–Trinajstić information content (AvgIpc) is 3.50. The molecule has 0 bridgehead atoms. The topological polar surface area (TPSA) is 90.1 Å². The lowest BCUT2D eigenvalue weighted by Crippen LogP contribution is -2.48. The number of carbonyl (C=O) groups is 2. The standard InChI is InChI=1S/C24H28ClN5O2S/c1-13(2)30-9-8-19-21(12-30)33-24(29-19)23(32)28-18-5-3-4-17(18)27-22(31)20-11-14-10-15(25)6-7-16(14)26-20/h6-7,10-11,13,17-18,26H,3-5,8-9,12H2,1-2H3,(H,27,31)(H,28,32)/t17-,18-/m1/s1. The fourth-order valence-electron chi connectivity index (χ4n) is 4.76. The van der Waals surface area contributed by atoms with Gasteiger partial charge in [0.25, 0.3) is 11.8 Å². The molecule has 2 aromatic heterocycles. The molecule has 174 valence electrons. The average molecular weight is 486 g/mol. The zero-order valence-electron chi connectivity index (χ0n) is 18.8. The van der Waals surface area contributed by atoms with Gasteiger partial charge >= 0.3 is 0 Å². The number of halogens is 1. The summed E-state index contributed by atoms with van der Waals surface area (Å²) in [4.78, 5) is 37.2. The lowest BCUT2D eigenvalue weighted by molar-refractivity contribution is 0.0889. The van der Waals surface area contributed by atoms with Crippen LogP contribution in [0.25, 0.3) is 10.9 Å². The highest BCUT2D eigenvalue weighted by molar-refractivity contribution is 7.13. The molecule has 2 aliphatic rings. The number of benzene rings is 1. The fraction of sp³-hybridized carbons (Fsp3) is 0.458. The van der Waals surface area contributed by atoms with Crippen LogP contribution in [0.5, 0.6) is 0 Å². The number of H-pyrrole nitrogens is 1. The van der Waals surface area contributed by atoms with Gasteiger partial charge < -0.3 is 15.6 Å². The number of amides is 2. The first kappa shape index (κ1) is 22.4. The molecule has 1 fully saturated rings. The van der Waals surface area contributed by atoms with Gasteiger partial charge in [-0.3, -0.25) is 14.5 Å². The quantitative estimate of drug-likeness (QED) is 0.507. The van der Waals surface area contributed by atoms with Crippen LogP contribution in [0.4, 0.5) is 0 Å². The highest BCUT2D eigenvalue weighted by Crippen LogP contribution is 2.27. The van der Waals surface area contributed by atoms with E-state index >= 15 is 0 Å². The van der Waals surface area contributed by atoms with Crippen LogP contribution in [0, 0.1) is 0 Å². The van der Waals surface area contributed by atoms with E-state index in [2.05, 4.69) is 39.3 Å². The molecule has 3 aromatic rings. The first-order valence-corrected chi connectivity index (χ1v) is 12.7. The molecule has 1 aliphatic carbocycles. The Morgan fingerprint density at radius 1 is 1.18 bits per heavy atom. The molecule has 5 rings (SSSR count). The summed E-state index contributed by atoms with van der Waals surface area (Å²) < 4.78 is 0. The lowest BCUT2D eigenvalue weighted by atomic mass is 10.1. The van der Waals surface area contributed by atoms with Gasteiger partial charge in [0.2, 0.25) is 0 Å². The Hall–Kier alpha value is -2.42. The van der Waals surface area contributed by atoms with E-state index in [-0.39, 0.29) is 23.9 Å². The number of fused-ring (bicyclic) bond motifs is 2. The maximum Gasteiger partial charge on any atom is 0.280 e. The van der Waals surface area contributed by atoms with Gasteiger partial charge in [0, 0.05) is 58.4 Å². The minimum atomic E-state index is -0.174. The second-order valence-corrected chi connectivity index (χ2v) is 10.7. The molecule has 0 radical (unpaired) electrons. The Labute approximate surface area is 201 Å². The molecule has 1 aromatic carbocycles. The number of carbonyl (C=O) groups excluding carboxylic acids is 2. The van der Waals surface area contributed by atoms with Gasteiger partial charge in [-0.25, -0.2) is 4.98 Å². The van der Waals surface area contributed by atoms with Crippen molar-refractivity contribution < 1.29 is 9.59 Å². The number of nitrogens with one attached hydrogen (secondary N) is 3. The van der Waals surface area contributed by atoms with E-state index in [0.29, 0.717) is 21.8 Å². The first-order chi connectivity index (χ1) is 15.9. The van der Waals surface area contributed by atoms with Crippen LogP contribution in [0.15, 0.2) is 24.3 Å². The number of nitrogens with zero attached hydrogens (tertiary/aromatic N) is 2. The van der Waals surface area contributed by atoms with Crippen LogP contribution < -0.4 is 10.6 Å². The minimum Gasteiger partial charge on any atom is -0.351 e. The van der Waals surface area contributed by atoms with E-state index < -0.39 is 0 Å². The van der Waals surface area contributed by atoms with Gasteiger partial charge in [-0.2, -0.15) is 0 Å². The van der Waals surface area contributed by atoms with Crippen molar-refractivity contribution in [1.82, 2.24) is 25.5 Å². The van der Waals surface area contributed by atoms with Crippen molar-refractivity contribution in [3.8, 4) is 0 Å². The normalized spacial score (nSPS) is 20.8. The molecule has 0 saturated heterocycles. The summed E-state index contributed by atoms with van der Waals surface area (Å²) in [7, 11) is 0. The summed E-state index contributed by atoms with van der Waals surface area (Å²) in [5.74, 6) is -0.316. The van der Waals surface area contributed by atoms with Gasteiger partial charge in [-0.1, -0.05) is 11.6 Å². The van der Waals surface area contributed by atoms with Crippen LogP contribution in [0.3, 0.4) is 0 Å². The maximum atomic E-state index is 13.0. The molecular weight excluding hydrogens is 458 g/mol. The summed E-state index contributed by atoms with van der Waals surface area (Å²) in [5.41, 5.74) is 2.41. The summed E-state index contributed by atoms with van der Waals surface area (Å²) in [6, 6.07) is 7.56. The van der Waals surface area contributed by atoms with E-state index in [1.165, 1.54) is 16.2 Å². The van der Waals surface area contributed by atoms with Crippen LogP contribution in [0.1, 0.15) is 64.0 Å². The molecule has 3 N–H and O–H groups in total. The zero-order valence-corrected chi connectivity index (χ0v) is 20.4. The number of hydrogen-bond donors (Lipinski definition) is 3. The highest BCUT2D eigenvalue weighted by atomic mass is 35.5. The molecule has 0 unspecified atom stereocenters. The predicted octanol–water partition coefficient (Wildman–Crippen LogP) is 4.13. The molecule has 2 atom stereocenters.